The van der Waals surface area contributed by atoms with Gasteiger partial charge in [-0.15, -0.1) is 0 Å². The van der Waals surface area contributed by atoms with E-state index in [1.54, 1.807) is 0 Å². The molecule has 2 heteroatoms. The predicted molar refractivity (Wildman–Crippen MR) is 37.3 cm³/mol. The summed E-state index contributed by atoms with van der Waals surface area (Å²) in [6.07, 6.45) is 1.77. The fourth-order valence-corrected chi connectivity index (χ4v) is 1.03. The zero-order valence-electron chi connectivity index (χ0n) is 6.42. The SMILES string of the molecule is CC1COC(C)C1.CO. The molecule has 0 amide bonds. The summed E-state index contributed by atoms with van der Waals surface area (Å²) in [5.41, 5.74) is 0. The molecule has 2 nitrogen and oxygen atoms in total. The molecular weight excluding hydrogens is 116 g/mol. The van der Waals surface area contributed by atoms with Gasteiger partial charge in [0.25, 0.3) is 0 Å². The van der Waals surface area contributed by atoms with Gasteiger partial charge in [0.15, 0.2) is 0 Å². The number of aliphatic hydroxyl groups is 1. The van der Waals surface area contributed by atoms with Crippen molar-refractivity contribution in [2.24, 2.45) is 5.92 Å². The van der Waals surface area contributed by atoms with E-state index in [4.69, 9.17) is 9.84 Å². The van der Waals surface area contributed by atoms with Crippen molar-refractivity contribution >= 4 is 0 Å². The van der Waals surface area contributed by atoms with E-state index in [1.807, 2.05) is 0 Å². The molecule has 1 aliphatic rings. The Bertz CT molecular complexity index is 55.9. The minimum atomic E-state index is 0.523. The van der Waals surface area contributed by atoms with Crippen LogP contribution in [-0.2, 0) is 4.74 Å². The Kier molecular flexibility index (Phi) is 4.72. The van der Waals surface area contributed by atoms with Crippen LogP contribution in [0.3, 0.4) is 0 Å². The molecule has 56 valence electrons. The molecule has 1 rings (SSSR count). The summed E-state index contributed by atoms with van der Waals surface area (Å²) in [6.45, 7) is 5.33. The van der Waals surface area contributed by atoms with Crippen LogP contribution < -0.4 is 0 Å². The molecular formula is C7H16O2. The van der Waals surface area contributed by atoms with Gasteiger partial charge in [0, 0.05) is 13.7 Å². The van der Waals surface area contributed by atoms with E-state index in [-0.39, 0.29) is 0 Å². The van der Waals surface area contributed by atoms with E-state index in [9.17, 15) is 0 Å². The van der Waals surface area contributed by atoms with Crippen molar-refractivity contribution in [2.45, 2.75) is 26.4 Å². The topological polar surface area (TPSA) is 29.5 Å². The van der Waals surface area contributed by atoms with Crippen molar-refractivity contribution in [3.8, 4) is 0 Å². The van der Waals surface area contributed by atoms with Crippen molar-refractivity contribution in [1.82, 2.24) is 0 Å². The minimum absolute atomic E-state index is 0.523. The van der Waals surface area contributed by atoms with Gasteiger partial charge in [-0.25, -0.2) is 0 Å². The van der Waals surface area contributed by atoms with Crippen LogP contribution in [0, 0.1) is 5.92 Å². The third kappa shape index (κ3) is 3.49. The van der Waals surface area contributed by atoms with Crippen LogP contribution in [0.2, 0.25) is 0 Å². The quantitative estimate of drug-likeness (QED) is 0.533. The molecule has 1 N–H and O–H groups in total. The van der Waals surface area contributed by atoms with Crippen molar-refractivity contribution in [3.05, 3.63) is 0 Å². The van der Waals surface area contributed by atoms with Gasteiger partial charge in [0.2, 0.25) is 0 Å². The van der Waals surface area contributed by atoms with Gasteiger partial charge in [0.05, 0.1) is 6.10 Å². The van der Waals surface area contributed by atoms with E-state index >= 15 is 0 Å². The standard InChI is InChI=1S/C6H12O.CH4O/c1-5-3-6(2)7-4-5;1-2/h5-6H,3-4H2,1-2H3;2H,1H3. The Morgan fingerprint density at radius 3 is 2.00 bits per heavy atom. The number of hydrogen-bond acceptors (Lipinski definition) is 2. The third-order valence-electron chi connectivity index (χ3n) is 1.40. The molecule has 0 aromatic rings. The Morgan fingerprint density at radius 1 is 1.33 bits per heavy atom. The highest BCUT2D eigenvalue weighted by molar-refractivity contribution is 4.64. The van der Waals surface area contributed by atoms with E-state index in [0.717, 1.165) is 19.6 Å². The third-order valence-corrected chi connectivity index (χ3v) is 1.40. The van der Waals surface area contributed by atoms with Gasteiger partial charge in [-0.2, -0.15) is 0 Å². The van der Waals surface area contributed by atoms with Crippen molar-refractivity contribution in [1.29, 1.82) is 0 Å². The normalized spacial score (nSPS) is 33.3. The number of hydrogen-bond donors (Lipinski definition) is 1. The molecule has 2 unspecified atom stereocenters. The fourth-order valence-electron chi connectivity index (χ4n) is 1.03. The largest absolute Gasteiger partial charge is 0.400 e. The van der Waals surface area contributed by atoms with Gasteiger partial charge in [-0.05, 0) is 19.3 Å². The van der Waals surface area contributed by atoms with Crippen LogP contribution >= 0.6 is 0 Å². The van der Waals surface area contributed by atoms with Gasteiger partial charge in [-0.1, -0.05) is 6.92 Å². The zero-order chi connectivity index (χ0) is 7.28. The van der Waals surface area contributed by atoms with E-state index in [1.165, 1.54) is 6.42 Å². The first-order valence-corrected chi connectivity index (χ1v) is 3.35. The summed E-state index contributed by atoms with van der Waals surface area (Å²) >= 11 is 0. The lowest BCUT2D eigenvalue weighted by Crippen LogP contribution is -1.94. The second-order valence-corrected chi connectivity index (χ2v) is 2.48. The maximum atomic E-state index is 7.00. The Morgan fingerprint density at radius 2 is 1.89 bits per heavy atom. The van der Waals surface area contributed by atoms with Crippen molar-refractivity contribution in [3.63, 3.8) is 0 Å². The zero-order valence-corrected chi connectivity index (χ0v) is 6.42. The smallest absolute Gasteiger partial charge is 0.0550 e. The van der Waals surface area contributed by atoms with Crippen LogP contribution in [0.25, 0.3) is 0 Å². The van der Waals surface area contributed by atoms with Crippen LogP contribution in [0.5, 0.6) is 0 Å². The highest BCUT2D eigenvalue weighted by Crippen LogP contribution is 2.16. The molecule has 2 atom stereocenters. The highest BCUT2D eigenvalue weighted by Gasteiger charge is 2.16. The summed E-state index contributed by atoms with van der Waals surface area (Å²) in [6, 6.07) is 0. The van der Waals surface area contributed by atoms with E-state index in [0.29, 0.717) is 6.10 Å². The van der Waals surface area contributed by atoms with Crippen LogP contribution in [-0.4, -0.2) is 24.9 Å². The molecule has 0 bridgehead atoms. The molecule has 0 aliphatic carbocycles. The lowest BCUT2D eigenvalue weighted by atomic mass is 10.1. The van der Waals surface area contributed by atoms with Crippen molar-refractivity contribution < 1.29 is 9.84 Å². The molecule has 1 saturated heterocycles. The Balaban J connectivity index is 0.000000291. The molecule has 0 aromatic carbocycles. The van der Waals surface area contributed by atoms with Gasteiger partial charge in [0.1, 0.15) is 0 Å². The number of aliphatic hydroxyl groups excluding tert-OH is 1. The lowest BCUT2D eigenvalue weighted by Gasteiger charge is -1.94. The van der Waals surface area contributed by atoms with Gasteiger partial charge >= 0.3 is 0 Å². The molecule has 0 spiro atoms. The Labute approximate surface area is 56.8 Å². The van der Waals surface area contributed by atoms with E-state index in [2.05, 4.69) is 13.8 Å². The van der Waals surface area contributed by atoms with E-state index < -0.39 is 0 Å². The summed E-state index contributed by atoms with van der Waals surface area (Å²) in [7, 11) is 1.00. The first kappa shape index (κ1) is 8.92. The number of ether oxygens (including phenoxy) is 1. The molecule has 0 saturated carbocycles. The summed E-state index contributed by atoms with van der Waals surface area (Å²) < 4.78 is 5.27. The number of rotatable bonds is 0. The molecule has 1 aliphatic heterocycles. The summed E-state index contributed by atoms with van der Waals surface area (Å²) in [4.78, 5) is 0. The first-order valence-electron chi connectivity index (χ1n) is 3.35. The monoisotopic (exact) mass is 132 g/mol. The first-order chi connectivity index (χ1) is 4.29. The lowest BCUT2D eigenvalue weighted by molar-refractivity contribution is 0.121. The average molecular weight is 132 g/mol. The maximum Gasteiger partial charge on any atom is 0.0550 e. The van der Waals surface area contributed by atoms with Crippen LogP contribution in [0.1, 0.15) is 20.3 Å². The molecule has 0 aromatic heterocycles. The molecule has 0 radical (unpaired) electrons. The Hall–Kier alpha value is -0.0800. The second kappa shape index (κ2) is 4.77. The molecule has 1 heterocycles. The van der Waals surface area contributed by atoms with Crippen LogP contribution in [0.4, 0.5) is 0 Å². The van der Waals surface area contributed by atoms with Gasteiger partial charge < -0.3 is 9.84 Å². The van der Waals surface area contributed by atoms with Crippen molar-refractivity contribution in [2.75, 3.05) is 13.7 Å². The fraction of sp³-hybridized carbons (Fsp3) is 1.00. The summed E-state index contributed by atoms with van der Waals surface area (Å²) in [5, 5.41) is 7.00. The predicted octanol–water partition coefficient (Wildman–Crippen LogP) is 1.04. The average Bonchev–Trinajstić information content (AvgIpc) is 2.20. The maximum absolute atomic E-state index is 7.00. The second-order valence-electron chi connectivity index (χ2n) is 2.48. The highest BCUT2D eigenvalue weighted by atomic mass is 16.5. The molecule has 9 heavy (non-hydrogen) atoms. The summed E-state index contributed by atoms with van der Waals surface area (Å²) in [5.74, 6) is 0.801. The van der Waals surface area contributed by atoms with Gasteiger partial charge in [-0.3, -0.25) is 0 Å². The molecule has 1 fully saturated rings. The van der Waals surface area contributed by atoms with Crippen LogP contribution in [0.15, 0.2) is 0 Å². The minimum Gasteiger partial charge on any atom is -0.400 e.